The molecule has 3 aromatic carbocycles. The number of aliphatic carboxylic acids is 1. The molecule has 3 aromatic rings. The Morgan fingerprint density at radius 2 is 1.11 bits per heavy atom. The van der Waals surface area contributed by atoms with E-state index in [0.29, 0.717) is 39.4 Å². The standard InChI is InChI=1S/C50H71NO12/c1-8-42-48(61-32-38-17-23-41(57-7)24-18-38)47(60-31-37-15-21-40(56-6)22-16-37)35(4)50(62-42)63-46-34(3)29-33(2)45(59-30-36-13-19-39(55-5)20-14-36)49(46)58-28-12-10-9-11-27-51-43(52)25-26-44(53)54/h13-24,33-35,42,45-50H,8-12,25-32H2,1-7H3,(H,51,52)(H,53,54)/p-1. The van der Waals surface area contributed by atoms with Crippen LogP contribution in [0.1, 0.15) is 95.8 Å². The summed E-state index contributed by atoms with van der Waals surface area (Å²) < 4.78 is 57.4. The average molecular weight is 877 g/mol. The van der Waals surface area contributed by atoms with Gasteiger partial charge in [-0.3, -0.25) is 4.79 Å². The number of ether oxygens (including phenoxy) is 9. The molecule has 13 heteroatoms. The lowest BCUT2D eigenvalue weighted by molar-refractivity contribution is -0.325. The van der Waals surface area contributed by atoms with Gasteiger partial charge in [0, 0.05) is 31.5 Å². The van der Waals surface area contributed by atoms with Crippen molar-refractivity contribution in [3.05, 3.63) is 89.5 Å². The summed E-state index contributed by atoms with van der Waals surface area (Å²) in [7, 11) is 4.97. The van der Waals surface area contributed by atoms with Gasteiger partial charge in [-0.2, -0.15) is 0 Å². The number of unbranched alkanes of at least 4 members (excludes halogenated alkanes) is 3. The molecule has 5 rings (SSSR count). The number of carboxylic acids is 1. The molecule has 348 valence electrons. The van der Waals surface area contributed by atoms with Crippen molar-refractivity contribution in [3.8, 4) is 17.2 Å². The summed E-state index contributed by atoms with van der Waals surface area (Å²) in [5.74, 6) is 0.999. The van der Waals surface area contributed by atoms with Crippen LogP contribution in [-0.4, -0.2) is 89.3 Å². The normalized spacial score (nSPS) is 25.9. The minimum Gasteiger partial charge on any atom is -0.550 e. The molecule has 10 atom stereocenters. The first kappa shape index (κ1) is 49.8. The third-order valence-electron chi connectivity index (χ3n) is 12.2. The smallest absolute Gasteiger partial charge is 0.220 e. The van der Waals surface area contributed by atoms with Gasteiger partial charge in [0.1, 0.15) is 29.5 Å². The lowest BCUT2D eigenvalue weighted by Crippen LogP contribution is -2.59. The molecule has 1 saturated heterocycles. The summed E-state index contributed by atoms with van der Waals surface area (Å²) in [5.41, 5.74) is 3.08. The van der Waals surface area contributed by atoms with Crippen molar-refractivity contribution in [1.82, 2.24) is 5.32 Å². The average Bonchev–Trinajstić information content (AvgIpc) is 3.29. The van der Waals surface area contributed by atoms with Crippen LogP contribution in [0, 0.1) is 17.8 Å². The molecule has 0 bridgehead atoms. The SMILES string of the molecule is CCC1OC(OC2C(C)CC(C)C(OCc3ccc(OC)cc3)C2OCCCCCCNC(=O)CCC(=O)[O-])C(C)C(OCc2ccc(OC)cc2)C1OCc1ccc(OC)cc1. The molecule has 1 heterocycles. The third-order valence-corrected chi connectivity index (χ3v) is 12.2. The molecule has 1 saturated carbocycles. The Morgan fingerprint density at radius 1 is 0.619 bits per heavy atom. The third kappa shape index (κ3) is 15.2. The van der Waals surface area contributed by atoms with Gasteiger partial charge < -0.3 is 57.8 Å². The zero-order valence-corrected chi connectivity index (χ0v) is 38.3. The number of nitrogens with one attached hydrogen (secondary N) is 1. The summed E-state index contributed by atoms with van der Waals surface area (Å²) in [6.07, 6.45) is 2.06. The highest BCUT2D eigenvalue weighted by Crippen LogP contribution is 2.40. The second-order valence-electron chi connectivity index (χ2n) is 16.9. The summed E-state index contributed by atoms with van der Waals surface area (Å²) in [6.45, 7) is 10.9. The van der Waals surface area contributed by atoms with Crippen LogP contribution in [0.3, 0.4) is 0 Å². The van der Waals surface area contributed by atoms with Crippen LogP contribution in [0.2, 0.25) is 0 Å². The van der Waals surface area contributed by atoms with E-state index in [1.54, 1.807) is 21.3 Å². The maximum absolute atomic E-state index is 11.9. The second-order valence-corrected chi connectivity index (χ2v) is 16.9. The van der Waals surface area contributed by atoms with Crippen molar-refractivity contribution in [3.63, 3.8) is 0 Å². The second kappa shape index (κ2) is 25.9. The van der Waals surface area contributed by atoms with E-state index in [9.17, 15) is 14.7 Å². The van der Waals surface area contributed by atoms with E-state index in [0.717, 1.165) is 66.0 Å². The Labute approximate surface area is 374 Å². The fraction of sp³-hybridized carbons (Fsp3) is 0.600. The van der Waals surface area contributed by atoms with E-state index in [-0.39, 0.29) is 73.1 Å². The Balaban J connectivity index is 1.31. The van der Waals surface area contributed by atoms with Crippen LogP contribution in [-0.2, 0) is 57.8 Å². The van der Waals surface area contributed by atoms with Gasteiger partial charge in [-0.1, -0.05) is 76.9 Å². The number of rotatable bonds is 26. The number of carboxylic acid groups (broad SMARTS) is 1. The molecule has 63 heavy (non-hydrogen) atoms. The molecule has 1 aliphatic heterocycles. The number of amides is 1. The highest BCUT2D eigenvalue weighted by molar-refractivity contribution is 5.79. The van der Waals surface area contributed by atoms with Gasteiger partial charge >= 0.3 is 0 Å². The van der Waals surface area contributed by atoms with Crippen molar-refractivity contribution in [2.75, 3.05) is 34.5 Å². The maximum Gasteiger partial charge on any atom is 0.220 e. The lowest BCUT2D eigenvalue weighted by atomic mass is 9.77. The molecule has 1 amide bonds. The summed E-state index contributed by atoms with van der Waals surface area (Å²) in [6, 6.07) is 23.7. The highest BCUT2D eigenvalue weighted by Gasteiger charge is 2.50. The summed E-state index contributed by atoms with van der Waals surface area (Å²) >= 11 is 0. The molecule has 0 aromatic heterocycles. The molecular weight excluding hydrogens is 807 g/mol. The van der Waals surface area contributed by atoms with Crippen LogP contribution < -0.4 is 24.6 Å². The van der Waals surface area contributed by atoms with Crippen LogP contribution in [0.15, 0.2) is 72.8 Å². The topological polar surface area (TPSA) is 152 Å². The van der Waals surface area contributed by atoms with E-state index < -0.39 is 12.3 Å². The zero-order valence-electron chi connectivity index (χ0n) is 38.3. The van der Waals surface area contributed by atoms with Crippen LogP contribution in [0.25, 0.3) is 0 Å². The van der Waals surface area contributed by atoms with Gasteiger partial charge in [-0.25, -0.2) is 0 Å². The molecule has 1 N–H and O–H groups in total. The predicted molar refractivity (Wildman–Crippen MR) is 236 cm³/mol. The van der Waals surface area contributed by atoms with Gasteiger partial charge in [0.05, 0.1) is 65.6 Å². The highest BCUT2D eigenvalue weighted by atomic mass is 16.7. The van der Waals surface area contributed by atoms with Gasteiger partial charge in [-0.05, 0) is 97.0 Å². The Morgan fingerprint density at radius 3 is 1.62 bits per heavy atom. The number of carbonyl (C=O) groups excluding carboxylic acids is 2. The van der Waals surface area contributed by atoms with Crippen molar-refractivity contribution < 1.29 is 57.3 Å². The number of hydrogen-bond donors (Lipinski definition) is 1. The molecule has 13 nitrogen and oxygen atoms in total. The van der Waals surface area contributed by atoms with Gasteiger partial charge in [0.25, 0.3) is 0 Å². The zero-order chi connectivity index (χ0) is 45.1. The number of methoxy groups -OCH3 is 3. The predicted octanol–water partition coefficient (Wildman–Crippen LogP) is 7.19. The number of benzene rings is 3. The Bertz CT molecular complexity index is 1770. The van der Waals surface area contributed by atoms with Crippen molar-refractivity contribution in [1.29, 1.82) is 0 Å². The summed E-state index contributed by atoms with van der Waals surface area (Å²) in [5, 5.41) is 13.5. The van der Waals surface area contributed by atoms with Gasteiger partial charge in [-0.15, -0.1) is 0 Å². The molecule has 1 aliphatic carbocycles. The largest absolute Gasteiger partial charge is 0.550 e. The van der Waals surface area contributed by atoms with E-state index in [4.69, 9.17) is 42.6 Å². The van der Waals surface area contributed by atoms with E-state index in [1.807, 2.05) is 72.8 Å². The van der Waals surface area contributed by atoms with Crippen molar-refractivity contribution in [2.45, 2.75) is 142 Å². The fourth-order valence-electron chi connectivity index (χ4n) is 8.55. The monoisotopic (exact) mass is 876 g/mol. The molecule has 0 radical (unpaired) electrons. The first-order valence-corrected chi connectivity index (χ1v) is 22.7. The Hall–Kier alpha value is -4.24. The van der Waals surface area contributed by atoms with Crippen molar-refractivity contribution >= 4 is 11.9 Å². The van der Waals surface area contributed by atoms with Crippen LogP contribution in [0.4, 0.5) is 0 Å². The number of carbonyl (C=O) groups is 2. The first-order chi connectivity index (χ1) is 30.5. The minimum absolute atomic E-state index is 0.0700. The van der Waals surface area contributed by atoms with Crippen LogP contribution >= 0.6 is 0 Å². The minimum atomic E-state index is -1.22. The molecule has 10 unspecified atom stereocenters. The van der Waals surface area contributed by atoms with Crippen LogP contribution in [0.5, 0.6) is 17.2 Å². The molecule has 2 fully saturated rings. The first-order valence-electron chi connectivity index (χ1n) is 22.7. The van der Waals surface area contributed by atoms with Gasteiger partial charge in [0.15, 0.2) is 6.29 Å². The summed E-state index contributed by atoms with van der Waals surface area (Å²) in [4.78, 5) is 22.6. The number of hydrogen-bond acceptors (Lipinski definition) is 12. The van der Waals surface area contributed by atoms with E-state index in [1.165, 1.54) is 0 Å². The Kier molecular flexibility index (Phi) is 20.5. The lowest BCUT2D eigenvalue weighted by Gasteiger charge is -2.49. The van der Waals surface area contributed by atoms with Crippen molar-refractivity contribution in [2.24, 2.45) is 17.8 Å². The van der Waals surface area contributed by atoms with E-state index in [2.05, 4.69) is 33.0 Å². The maximum atomic E-state index is 11.9. The van der Waals surface area contributed by atoms with E-state index >= 15 is 0 Å². The van der Waals surface area contributed by atoms with Gasteiger partial charge in [0.2, 0.25) is 5.91 Å². The molecule has 0 spiro atoms. The fourth-order valence-corrected chi connectivity index (χ4v) is 8.55. The molecule has 2 aliphatic rings. The quantitative estimate of drug-likeness (QED) is 0.0813. The molecular formula is C50H70NO12-.